The summed E-state index contributed by atoms with van der Waals surface area (Å²) in [5, 5.41) is 5.13. The van der Waals surface area contributed by atoms with Crippen LogP contribution in [0.15, 0.2) is 59.4 Å². The van der Waals surface area contributed by atoms with Crippen molar-refractivity contribution >= 4 is 27.7 Å². The Bertz CT molecular complexity index is 1240. The molecule has 0 saturated heterocycles. The van der Waals surface area contributed by atoms with Gasteiger partial charge in [0, 0.05) is 33.6 Å². The lowest BCUT2D eigenvalue weighted by molar-refractivity contribution is 0.0933. The molecule has 4 aromatic rings. The molecule has 5 nitrogen and oxygen atoms in total. The molecule has 1 aliphatic rings. The second-order valence-electron chi connectivity index (χ2n) is 7.07. The first-order valence-corrected chi connectivity index (χ1v) is 9.23. The number of H-pyrrole nitrogens is 2. The van der Waals surface area contributed by atoms with Crippen LogP contribution in [-0.2, 0) is 6.42 Å². The van der Waals surface area contributed by atoms with E-state index in [2.05, 4.69) is 27.4 Å². The number of carbonyl (C=O) groups is 1. The van der Waals surface area contributed by atoms with E-state index >= 15 is 0 Å². The van der Waals surface area contributed by atoms with E-state index in [1.54, 1.807) is 0 Å². The zero-order valence-corrected chi connectivity index (χ0v) is 14.7. The minimum Gasteiger partial charge on any atom is -0.356 e. The van der Waals surface area contributed by atoms with Gasteiger partial charge in [-0.25, -0.2) is 0 Å². The molecule has 5 rings (SSSR count). The van der Waals surface area contributed by atoms with Gasteiger partial charge in [-0.05, 0) is 37.0 Å². The molecule has 1 atom stereocenters. The first kappa shape index (κ1) is 15.9. The van der Waals surface area contributed by atoms with Crippen LogP contribution >= 0.6 is 0 Å². The summed E-state index contributed by atoms with van der Waals surface area (Å²) in [4.78, 5) is 31.3. The van der Waals surface area contributed by atoms with Gasteiger partial charge in [0.05, 0.1) is 11.6 Å². The lowest BCUT2D eigenvalue weighted by Gasteiger charge is -2.24. The van der Waals surface area contributed by atoms with Crippen LogP contribution in [0.25, 0.3) is 21.8 Å². The fraction of sp³-hybridized carbons (Fsp3) is 0.182. The van der Waals surface area contributed by atoms with E-state index in [-0.39, 0.29) is 17.5 Å². The zero-order valence-electron chi connectivity index (χ0n) is 14.7. The minimum atomic E-state index is -0.270. The molecular weight excluding hydrogens is 338 g/mol. The van der Waals surface area contributed by atoms with Crippen LogP contribution in [0.2, 0.25) is 0 Å². The Hall–Kier alpha value is -3.34. The number of pyridine rings is 1. The molecule has 134 valence electrons. The van der Waals surface area contributed by atoms with Gasteiger partial charge in [0.25, 0.3) is 5.91 Å². The molecule has 27 heavy (non-hydrogen) atoms. The fourth-order valence-corrected chi connectivity index (χ4v) is 4.19. The molecule has 0 bridgehead atoms. The normalized spacial score (nSPS) is 16.4. The Morgan fingerprint density at radius 2 is 1.67 bits per heavy atom. The number of aryl methyl sites for hydroxylation is 1. The quantitative estimate of drug-likeness (QED) is 0.510. The van der Waals surface area contributed by atoms with Crippen LogP contribution in [0, 0.1) is 0 Å². The van der Waals surface area contributed by atoms with Gasteiger partial charge < -0.3 is 15.3 Å². The maximum absolute atomic E-state index is 13.0. The standard InChI is InChI=1S/C22H19N3O2/c26-20-12-16(14-7-2-3-9-17(14)23-20)22(27)25-19-11-5-8-15-13-6-1-4-10-18(13)24-21(15)19/h1-4,6-7,9-10,12,19,24H,5,8,11H2,(H,23,26)(H,25,27). The smallest absolute Gasteiger partial charge is 0.252 e. The Balaban J connectivity index is 1.54. The molecule has 1 unspecified atom stereocenters. The minimum absolute atomic E-state index is 0.0771. The topological polar surface area (TPSA) is 77.8 Å². The summed E-state index contributed by atoms with van der Waals surface area (Å²) in [6.07, 6.45) is 2.92. The molecule has 1 aliphatic carbocycles. The van der Waals surface area contributed by atoms with Crippen molar-refractivity contribution in [3.63, 3.8) is 0 Å². The molecule has 3 N–H and O–H groups in total. The highest BCUT2D eigenvalue weighted by Crippen LogP contribution is 2.34. The van der Waals surface area contributed by atoms with E-state index < -0.39 is 0 Å². The van der Waals surface area contributed by atoms with E-state index in [9.17, 15) is 9.59 Å². The first-order chi connectivity index (χ1) is 13.2. The van der Waals surface area contributed by atoms with Gasteiger partial charge in [-0.3, -0.25) is 9.59 Å². The van der Waals surface area contributed by atoms with E-state index in [1.165, 1.54) is 17.0 Å². The number of aromatic amines is 2. The van der Waals surface area contributed by atoms with Crippen molar-refractivity contribution in [2.24, 2.45) is 0 Å². The number of amides is 1. The van der Waals surface area contributed by atoms with Crippen molar-refractivity contribution in [1.29, 1.82) is 0 Å². The van der Waals surface area contributed by atoms with Crippen molar-refractivity contribution in [2.75, 3.05) is 0 Å². The zero-order chi connectivity index (χ0) is 18.4. The monoisotopic (exact) mass is 357 g/mol. The highest BCUT2D eigenvalue weighted by Gasteiger charge is 2.26. The van der Waals surface area contributed by atoms with E-state index in [4.69, 9.17) is 0 Å². The molecule has 1 amide bonds. The van der Waals surface area contributed by atoms with Crippen molar-refractivity contribution in [2.45, 2.75) is 25.3 Å². The summed E-state index contributed by atoms with van der Waals surface area (Å²) in [5.41, 5.74) is 4.30. The lowest BCUT2D eigenvalue weighted by Crippen LogP contribution is -2.31. The second kappa shape index (κ2) is 6.13. The number of aromatic nitrogens is 2. The summed E-state index contributed by atoms with van der Waals surface area (Å²) in [7, 11) is 0. The highest BCUT2D eigenvalue weighted by atomic mass is 16.2. The van der Waals surface area contributed by atoms with Crippen molar-refractivity contribution in [3.8, 4) is 0 Å². The Labute approximate surface area is 155 Å². The number of para-hydroxylation sites is 2. The first-order valence-electron chi connectivity index (χ1n) is 9.23. The summed E-state index contributed by atoms with van der Waals surface area (Å²) < 4.78 is 0. The second-order valence-corrected chi connectivity index (χ2v) is 7.07. The number of fused-ring (bicyclic) bond motifs is 4. The van der Waals surface area contributed by atoms with Crippen molar-refractivity contribution in [3.05, 3.63) is 81.8 Å². The van der Waals surface area contributed by atoms with Crippen LogP contribution in [-0.4, -0.2) is 15.9 Å². The van der Waals surface area contributed by atoms with Gasteiger partial charge in [-0.2, -0.15) is 0 Å². The predicted octanol–water partition coefficient (Wildman–Crippen LogP) is 3.82. The number of rotatable bonds is 2. The molecule has 0 saturated carbocycles. The summed E-state index contributed by atoms with van der Waals surface area (Å²) in [6.45, 7) is 0. The third kappa shape index (κ3) is 2.63. The third-order valence-electron chi connectivity index (χ3n) is 5.42. The largest absolute Gasteiger partial charge is 0.356 e. The Kier molecular flexibility index (Phi) is 3.60. The molecule has 0 spiro atoms. The fourth-order valence-electron chi connectivity index (χ4n) is 4.19. The molecule has 2 heterocycles. The molecule has 0 aliphatic heterocycles. The van der Waals surface area contributed by atoms with Gasteiger partial charge in [0.1, 0.15) is 0 Å². The number of benzene rings is 2. The van der Waals surface area contributed by atoms with Gasteiger partial charge in [-0.15, -0.1) is 0 Å². The molecule has 5 heteroatoms. The van der Waals surface area contributed by atoms with Gasteiger partial charge >= 0.3 is 0 Å². The maximum atomic E-state index is 13.0. The van der Waals surface area contributed by atoms with Gasteiger partial charge in [0.2, 0.25) is 5.56 Å². The molecular formula is C22H19N3O2. The molecule has 0 radical (unpaired) electrons. The van der Waals surface area contributed by atoms with Crippen LogP contribution in [0.5, 0.6) is 0 Å². The maximum Gasteiger partial charge on any atom is 0.252 e. The SMILES string of the molecule is O=C(NC1CCCc2c1[nH]c1ccccc21)c1cc(=O)[nH]c2ccccc12. The van der Waals surface area contributed by atoms with Crippen molar-refractivity contribution < 1.29 is 4.79 Å². The van der Waals surface area contributed by atoms with E-state index in [0.717, 1.165) is 35.9 Å². The van der Waals surface area contributed by atoms with Gasteiger partial charge in [-0.1, -0.05) is 36.4 Å². The highest BCUT2D eigenvalue weighted by molar-refractivity contribution is 6.06. The van der Waals surface area contributed by atoms with Crippen LogP contribution in [0.3, 0.4) is 0 Å². The number of hydrogen-bond donors (Lipinski definition) is 3. The van der Waals surface area contributed by atoms with E-state index in [0.29, 0.717) is 11.1 Å². The summed E-state index contributed by atoms with van der Waals surface area (Å²) in [5.74, 6) is -0.214. The molecule has 2 aromatic heterocycles. The van der Waals surface area contributed by atoms with Crippen LogP contribution in [0.4, 0.5) is 0 Å². The Morgan fingerprint density at radius 3 is 2.48 bits per heavy atom. The molecule has 0 fully saturated rings. The third-order valence-corrected chi connectivity index (χ3v) is 5.42. The predicted molar refractivity (Wildman–Crippen MR) is 106 cm³/mol. The average Bonchev–Trinajstić information content (AvgIpc) is 3.07. The Morgan fingerprint density at radius 1 is 0.963 bits per heavy atom. The van der Waals surface area contributed by atoms with Crippen LogP contribution < -0.4 is 10.9 Å². The van der Waals surface area contributed by atoms with Gasteiger partial charge in [0.15, 0.2) is 0 Å². The van der Waals surface area contributed by atoms with Crippen LogP contribution in [0.1, 0.15) is 40.5 Å². The number of carbonyl (C=O) groups excluding carboxylic acids is 1. The van der Waals surface area contributed by atoms with Crippen molar-refractivity contribution in [1.82, 2.24) is 15.3 Å². The lowest BCUT2D eigenvalue weighted by atomic mass is 9.91. The summed E-state index contributed by atoms with van der Waals surface area (Å²) >= 11 is 0. The number of nitrogens with one attached hydrogen (secondary N) is 3. The molecule has 2 aromatic carbocycles. The van der Waals surface area contributed by atoms with E-state index in [1.807, 2.05) is 36.4 Å². The summed E-state index contributed by atoms with van der Waals surface area (Å²) in [6, 6.07) is 16.9. The average molecular weight is 357 g/mol. The number of hydrogen-bond acceptors (Lipinski definition) is 2.